The number of nitrogens with one attached hydrogen (secondary N) is 2. The molecule has 0 radical (unpaired) electrons. The first-order valence-corrected chi connectivity index (χ1v) is 9.17. The topological polar surface area (TPSA) is 71.8 Å². The molecule has 0 saturated carbocycles. The summed E-state index contributed by atoms with van der Waals surface area (Å²) in [4.78, 5) is 12.8. The summed E-state index contributed by atoms with van der Waals surface area (Å²) in [6.45, 7) is 6.14. The molecule has 2 aromatic rings. The molecule has 0 spiro atoms. The van der Waals surface area contributed by atoms with Crippen molar-refractivity contribution in [2.45, 2.75) is 51.1 Å². The van der Waals surface area contributed by atoms with Crippen LogP contribution >= 0.6 is 0 Å². The number of rotatable bonds is 3. The van der Waals surface area contributed by atoms with Gasteiger partial charge in [-0.2, -0.15) is 0 Å². The second-order valence-corrected chi connectivity index (χ2v) is 7.24. The summed E-state index contributed by atoms with van der Waals surface area (Å²) in [6.07, 6.45) is 2.99. The molecule has 6 nitrogen and oxygen atoms in total. The summed E-state index contributed by atoms with van der Waals surface area (Å²) < 4.78 is 1.93. The number of carbonyl (C=O) groups excluding carboxylic acids is 1. The van der Waals surface area contributed by atoms with Gasteiger partial charge in [-0.3, -0.25) is 4.79 Å². The number of amides is 1. The molecule has 25 heavy (non-hydrogen) atoms. The molecule has 6 heteroatoms. The quantitative estimate of drug-likeness (QED) is 0.901. The van der Waals surface area contributed by atoms with E-state index in [1.165, 1.54) is 11.1 Å². The van der Waals surface area contributed by atoms with Crippen LogP contribution in [0.4, 0.5) is 0 Å². The summed E-state index contributed by atoms with van der Waals surface area (Å²) in [7, 11) is 0. The molecule has 0 bridgehead atoms. The van der Waals surface area contributed by atoms with Gasteiger partial charge in [0.1, 0.15) is 0 Å². The number of carbonyl (C=O) groups is 1. The molecule has 1 aromatic carbocycles. The first-order chi connectivity index (χ1) is 12.1. The molecule has 1 fully saturated rings. The van der Waals surface area contributed by atoms with Gasteiger partial charge in [-0.1, -0.05) is 36.4 Å². The number of nitrogens with zero attached hydrogens (tertiary/aromatic N) is 3. The molecule has 1 aliphatic heterocycles. The van der Waals surface area contributed by atoms with Gasteiger partial charge in [-0.05, 0) is 56.3 Å². The van der Waals surface area contributed by atoms with Crippen molar-refractivity contribution in [1.82, 2.24) is 25.6 Å². The van der Waals surface area contributed by atoms with Crippen LogP contribution in [0.2, 0.25) is 0 Å². The molecule has 2 aliphatic rings. The SMILES string of the molecule is Cc1c(C(=O)N[C@H]2C[C@@H](C)c3ccccc32)nnn1C1CCNCC1. The number of aromatic nitrogens is 3. The van der Waals surface area contributed by atoms with Gasteiger partial charge in [0.15, 0.2) is 5.69 Å². The first-order valence-electron chi connectivity index (χ1n) is 9.17. The fourth-order valence-electron chi connectivity index (χ4n) is 4.20. The van der Waals surface area contributed by atoms with Gasteiger partial charge in [0.05, 0.1) is 17.8 Å². The fraction of sp³-hybridized carbons (Fsp3) is 0.526. The van der Waals surface area contributed by atoms with Gasteiger partial charge in [0.2, 0.25) is 0 Å². The van der Waals surface area contributed by atoms with E-state index in [0.717, 1.165) is 38.0 Å². The maximum Gasteiger partial charge on any atom is 0.274 e. The lowest BCUT2D eigenvalue weighted by Gasteiger charge is -2.23. The predicted molar refractivity (Wildman–Crippen MR) is 95.6 cm³/mol. The Labute approximate surface area is 148 Å². The second kappa shape index (κ2) is 6.59. The Hall–Kier alpha value is -2.21. The molecule has 1 aromatic heterocycles. The second-order valence-electron chi connectivity index (χ2n) is 7.24. The van der Waals surface area contributed by atoms with Gasteiger partial charge in [0, 0.05) is 0 Å². The lowest BCUT2D eigenvalue weighted by atomic mass is 10.0. The van der Waals surface area contributed by atoms with E-state index in [0.29, 0.717) is 17.7 Å². The van der Waals surface area contributed by atoms with E-state index in [2.05, 4.69) is 46.1 Å². The number of piperidine rings is 1. The molecular formula is C19H25N5O. The number of benzene rings is 1. The van der Waals surface area contributed by atoms with Crippen LogP contribution in [0.1, 0.15) is 71.5 Å². The van der Waals surface area contributed by atoms with E-state index in [4.69, 9.17) is 0 Å². The summed E-state index contributed by atoms with van der Waals surface area (Å²) in [5, 5.41) is 15.0. The lowest BCUT2D eigenvalue weighted by Crippen LogP contribution is -2.31. The van der Waals surface area contributed by atoms with E-state index in [1.54, 1.807) is 0 Å². The van der Waals surface area contributed by atoms with E-state index < -0.39 is 0 Å². The van der Waals surface area contributed by atoms with Crippen LogP contribution in [0.3, 0.4) is 0 Å². The molecule has 132 valence electrons. The highest BCUT2D eigenvalue weighted by Crippen LogP contribution is 2.39. The Morgan fingerprint density at radius 2 is 1.96 bits per heavy atom. The minimum absolute atomic E-state index is 0.0575. The van der Waals surface area contributed by atoms with E-state index in [9.17, 15) is 4.79 Å². The zero-order valence-corrected chi connectivity index (χ0v) is 14.8. The van der Waals surface area contributed by atoms with Crippen molar-refractivity contribution in [3.63, 3.8) is 0 Å². The standard InChI is InChI=1S/C19H25N5O/c1-12-11-17(16-6-4-3-5-15(12)16)21-19(25)18-13(2)24(23-22-18)14-7-9-20-10-8-14/h3-6,12,14,17,20H,7-11H2,1-2H3,(H,21,25)/t12-,17+/m1/s1. The van der Waals surface area contributed by atoms with Gasteiger partial charge in [0.25, 0.3) is 5.91 Å². The molecular weight excluding hydrogens is 314 g/mol. The molecule has 1 amide bonds. The third-order valence-corrected chi connectivity index (χ3v) is 5.59. The van der Waals surface area contributed by atoms with E-state index in [1.807, 2.05) is 17.7 Å². The summed E-state index contributed by atoms with van der Waals surface area (Å²) >= 11 is 0. The molecule has 2 atom stereocenters. The zero-order valence-electron chi connectivity index (χ0n) is 14.8. The highest BCUT2D eigenvalue weighted by Gasteiger charge is 2.30. The molecule has 1 aliphatic carbocycles. The third kappa shape index (κ3) is 2.95. The Morgan fingerprint density at radius 3 is 2.72 bits per heavy atom. The van der Waals surface area contributed by atoms with Crippen molar-refractivity contribution in [2.24, 2.45) is 0 Å². The Balaban J connectivity index is 1.52. The smallest absolute Gasteiger partial charge is 0.274 e. The van der Waals surface area contributed by atoms with Crippen molar-refractivity contribution in [2.75, 3.05) is 13.1 Å². The normalized spacial score (nSPS) is 23.4. The van der Waals surface area contributed by atoms with Crippen molar-refractivity contribution < 1.29 is 4.79 Å². The number of fused-ring (bicyclic) bond motifs is 1. The van der Waals surface area contributed by atoms with Crippen LogP contribution in [-0.2, 0) is 0 Å². The number of hydrogen-bond acceptors (Lipinski definition) is 4. The molecule has 4 rings (SSSR count). The van der Waals surface area contributed by atoms with Crippen molar-refractivity contribution >= 4 is 5.91 Å². The van der Waals surface area contributed by atoms with Crippen LogP contribution in [0.15, 0.2) is 24.3 Å². The summed E-state index contributed by atoms with van der Waals surface area (Å²) in [6, 6.07) is 8.76. The summed E-state index contributed by atoms with van der Waals surface area (Å²) in [5.41, 5.74) is 3.88. The monoisotopic (exact) mass is 339 g/mol. The third-order valence-electron chi connectivity index (χ3n) is 5.59. The van der Waals surface area contributed by atoms with Crippen LogP contribution in [0.5, 0.6) is 0 Å². The molecule has 2 N–H and O–H groups in total. The van der Waals surface area contributed by atoms with Crippen molar-refractivity contribution in [1.29, 1.82) is 0 Å². The minimum atomic E-state index is -0.119. The van der Waals surface area contributed by atoms with Gasteiger partial charge in [-0.25, -0.2) is 4.68 Å². The van der Waals surface area contributed by atoms with Crippen LogP contribution in [-0.4, -0.2) is 34.0 Å². The van der Waals surface area contributed by atoms with Crippen LogP contribution in [0, 0.1) is 6.92 Å². The van der Waals surface area contributed by atoms with Crippen LogP contribution in [0.25, 0.3) is 0 Å². The van der Waals surface area contributed by atoms with Gasteiger partial charge >= 0.3 is 0 Å². The zero-order chi connectivity index (χ0) is 17.4. The fourth-order valence-corrected chi connectivity index (χ4v) is 4.20. The Kier molecular flexibility index (Phi) is 4.29. The molecule has 2 heterocycles. The first kappa shape index (κ1) is 16.3. The van der Waals surface area contributed by atoms with Gasteiger partial charge < -0.3 is 10.6 Å². The highest BCUT2D eigenvalue weighted by molar-refractivity contribution is 5.93. The van der Waals surface area contributed by atoms with Crippen molar-refractivity contribution in [3.8, 4) is 0 Å². The average molecular weight is 339 g/mol. The molecule has 1 saturated heterocycles. The average Bonchev–Trinajstić information content (AvgIpc) is 3.17. The van der Waals surface area contributed by atoms with E-state index in [-0.39, 0.29) is 11.9 Å². The maximum absolute atomic E-state index is 12.8. The Bertz CT molecular complexity index is 778. The lowest BCUT2D eigenvalue weighted by molar-refractivity contribution is 0.0930. The highest BCUT2D eigenvalue weighted by atomic mass is 16.2. The molecule has 0 unspecified atom stereocenters. The van der Waals surface area contributed by atoms with Crippen LogP contribution < -0.4 is 10.6 Å². The Morgan fingerprint density at radius 1 is 1.24 bits per heavy atom. The summed E-state index contributed by atoms with van der Waals surface area (Å²) in [5.74, 6) is 0.347. The van der Waals surface area contributed by atoms with Crippen molar-refractivity contribution in [3.05, 3.63) is 46.8 Å². The predicted octanol–water partition coefficient (Wildman–Crippen LogP) is 2.49. The van der Waals surface area contributed by atoms with Gasteiger partial charge in [-0.15, -0.1) is 5.10 Å². The largest absolute Gasteiger partial charge is 0.344 e. The maximum atomic E-state index is 12.8. The van der Waals surface area contributed by atoms with E-state index >= 15 is 0 Å². The number of hydrogen-bond donors (Lipinski definition) is 2. The minimum Gasteiger partial charge on any atom is -0.344 e.